The summed E-state index contributed by atoms with van der Waals surface area (Å²) in [4.78, 5) is 26.8. The molecular weight excluding hydrogens is 368 g/mol. The molecule has 0 N–H and O–H groups in total. The largest absolute Gasteiger partial charge is 0.497 e. The summed E-state index contributed by atoms with van der Waals surface area (Å²) in [5.41, 5.74) is 2.65. The first kappa shape index (κ1) is 19.6. The summed E-state index contributed by atoms with van der Waals surface area (Å²) >= 11 is 0. The van der Waals surface area contributed by atoms with E-state index in [1.165, 1.54) is 6.42 Å². The van der Waals surface area contributed by atoms with Gasteiger partial charge in [0, 0.05) is 49.8 Å². The van der Waals surface area contributed by atoms with Gasteiger partial charge in [-0.05, 0) is 38.6 Å². The van der Waals surface area contributed by atoms with Crippen LogP contribution in [0.4, 0.5) is 0 Å². The molecule has 3 heterocycles. The van der Waals surface area contributed by atoms with Gasteiger partial charge in [0.2, 0.25) is 0 Å². The van der Waals surface area contributed by atoms with Crippen LogP contribution in [-0.2, 0) is 13.0 Å². The van der Waals surface area contributed by atoms with Crippen LogP contribution in [-0.4, -0.2) is 66.6 Å². The lowest BCUT2D eigenvalue weighted by Gasteiger charge is -2.31. The van der Waals surface area contributed by atoms with Gasteiger partial charge in [-0.2, -0.15) is 0 Å². The monoisotopic (exact) mass is 396 g/mol. The molecule has 7 nitrogen and oxygen atoms in total. The number of hydrogen-bond acceptors (Lipinski definition) is 6. The van der Waals surface area contributed by atoms with Gasteiger partial charge in [-0.3, -0.25) is 4.79 Å². The normalized spacial score (nSPS) is 19.6. The molecule has 1 fully saturated rings. The zero-order valence-corrected chi connectivity index (χ0v) is 17.4. The van der Waals surface area contributed by atoms with E-state index in [0.29, 0.717) is 36.1 Å². The molecule has 1 atom stereocenters. The lowest BCUT2D eigenvalue weighted by atomic mass is 9.97. The van der Waals surface area contributed by atoms with Gasteiger partial charge in [0.15, 0.2) is 0 Å². The maximum absolute atomic E-state index is 13.1. The second-order valence-corrected chi connectivity index (χ2v) is 7.84. The maximum Gasteiger partial charge on any atom is 0.257 e. The van der Waals surface area contributed by atoms with E-state index in [2.05, 4.69) is 16.9 Å². The maximum atomic E-state index is 13.1. The van der Waals surface area contributed by atoms with Crippen LogP contribution in [0.2, 0.25) is 0 Å². The molecule has 2 aliphatic rings. The van der Waals surface area contributed by atoms with Crippen LogP contribution in [0.25, 0.3) is 0 Å². The van der Waals surface area contributed by atoms with Crippen LogP contribution in [0.15, 0.2) is 24.4 Å². The third-order valence-corrected chi connectivity index (χ3v) is 5.87. The standard InChI is InChI=1S/C22H28N4O3/c1-25-9-4-5-15(13-25)21-23-12-16-14-26(10-8-19(16)24-21)22(27)18-7-6-17(28-2)11-20(18)29-3/h6-7,11-12,15H,4-5,8-10,13-14H2,1-3H3. The number of fused-ring (bicyclic) bond motifs is 1. The number of rotatable bonds is 4. The number of piperidine rings is 1. The number of hydrogen-bond donors (Lipinski definition) is 0. The summed E-state index contributed by atoms with van der Waals surface area (Å²) in [5, 5.41) is 0. The Morgan fingerprint density at radius 1 is 1.21 bits per heavy atom. The highest BCUT2D eigenvalue weighted by Gasteiger charge is 2.27. The number of benzene rings is 1. The fraction of sp³-hybridized carbons (Fsp3) is 0.500. The third kappa shape index (κ3) is 4.05. The molecule has 7 heteroatoms. The molecule has 0 aliphatic carbocycles. The highest BCUT2D eigenvalue weighted by molar-refractivity contribution is 5.97. The molecule has 154 valence electrons. The molecule has 1 aromatic heterocycles. The van der Waals surface area contributed by atoms with Crippen molar-refractivity contribution in [3.05, 3.63) is 47.0 Å². The molecule has 0 bridgehead atoms. The van der Waals surface area contributed by atoms with E-state index in [9.17, 15) is 4.79 Å². The van der Waals surface area contributed by atoms with E-state index >= 15 is 0 Å². The average Bonchev–Trinajstić information content (AvgIpc) is 2.77. The van der Waals surface area contributed by atoms with Crippen LogP contribution in [0.1, 0.15) is 46.2 Å². The molecule has 0 radical (unpaired) electrons. The van der Waals surface area contributed by atoms with E-state index in [0.717, 1.165) is 43.0 Å². The number of likely N-dealkylation sites (N-methyl/N-ethyl adjacent to an activating group) is 1. The van der Waals surface area contributed by atoms with E-state index in [4.69, 9.17) is 14.5 Å². The Labute approximate surface area is 171 Å². The number of aromatic nitrogens is 2. The highest BCUT2D eigenvalue weighted by atomic mass is 16.5. The van der Waals surface area contributed by atoms with Crippen molar-refractivity contribution in [1.29, 1.82) is 0 Å². The number of carbonyl (C=O) groups is 1. The Hall–Kier alpha value is -2.67. The summed E-state index contributed by atoms with van der Waals surface area (Å²) in [6, 6.07) is 5.28. The molecule has 1 aromatic carbocycles. The lowest BCUT2D eigenvalue weighted by molar-refractivity contribution is 0.0729. The average molecular weight is 396 g/mol. The van der Waals surface area contributed by atoms with E-state index in [1.807, 2.05) is 11.1 Å². The second kappa shape index (κ2) is 8.37. The van der Waals surface area contributed by atoms with Gasteiger partial charge >= 0.3 is 0 Å². The fourth-order valence-electron chi connectivity index (χ4n) is 4.22. The molecule has 0 saturated carbocycles. The molecule has 1 saturated heterocycles. The van der Waals surface area contributed by atoms with Gasteiger partial charge in [-0.25, -0.2) is 9.97 Å². The summed E-state index contributed by atoms with van der Waals surface area (Å²) in [5.74, 6) is 2.49. The summed E-state index contributed by atoms with van der Waals surface area (Å²) in [7, 11) is 5.31. The van der Waals surface area contributed by atoms with Crippen molar-refractivity contribution in [2.45, 2.75) is 31.7 Å². The van der Waals surface area contributed by atoms with Gasteiger partial charge in [-0.1, -0.05) is 0 Å². The van der Waals surface area contributed by atoms with Crippen molar-refractivity contribution in [1.82, 2.24) is 19.8 Å². The fourth-order valence-corrected chi connectivity index (χ4v) is 4.22. The van der Waals surface area contributed by atoms with Crippen LogP contribution >= 0.6 is 0 Å². The number of carbonyl (C=O) groups excluding carboxylic acids is 1. The number of ether oxygens (including phenoxy) is 2. The first-order chi connectivity index (χ1) is 14.1. The van der Waals surface area contributed by atoms with Crippen molar-refractivity contribution < 1.29 is 14.3 Å². The van der Waals surface area contributed by atoms with Gasteiger partial charge in [0.05, 0.1) is 25.5 Å². The number of methoxy groups -OCH3 is 2. The molecule has 2 aliphatic heterocycles. The zero-order chi connectivity index (χ0) is 20.4. The van der Waals surface area contributed by atoms with Crippen LogP contribution in [0, 0.1) is 0 Å². The minimum absolute atomic E-state index is 0.0480. The first-order valence-electron chi connectivity index (χ1n) is 10.1. The van der Waals surface area contributed by atoms with E-state index in [1.54, 1.807) is 32.4 Å². The predicted octanol–water partition coefficient (Wildman–Crippen LogP) is 2.50. The van der Waals surface area contributed by atoms with Crippen LogP contribution in [0.3, 0.4) is 0 Å². The Morgan fingerprint density at radius 3 is 2.83 bits per heavy atom. The summed E-state index contributed by atoms with van der Waals surface area (Å²) < 4.78 is 10.6. The number of amides is 1. The van der Waals surface area contributed by atoms with Gasteiger partial charge < -0.3 is 19.3 Å². The van der Waals surface area contributed by atoms with E-state index in [-0.39, 0.29) is 5.91 Å². The Kier molecular flexibility index (Phi) is 5.67. The Balaban J connectivity index is 1.51. The quantitative estimate of drug-likeness (QED) is 0.791. The molecular formula is C22H28N4O3. The van der Waals surface area contributed by atoms with Crippen LogP contribution in [0.5, 0.6) is 11.5 Å². The van der Waals surface area contributed by atoms with Crippen molar-refractivity contribution in [2.24, 2.45) is 0 Å². The summed E-state index contributed by atoms with van der Waals surface area (Å²) in [6.45, 7) is 3.32. The van der Waals surface area contributed by atoms with Gasteiger partial charge in [-0.15, -0.1) is 0 Å². The smallest absolute Gasteiger partial charge is 0.257 e. The van der Waals surface area contributed by atoms with E-state index < -0.39 is 0 Å². The van der Waals surface area contributed by atoms with Gasteiger partial charge in [0.1, 0.15) is 17.3 Å². The molecule has 1 unspecified atom stereocenters. The van der Waals surface area contributed by atoms with Crippen molar-refractivity contribution >= 4 is 5.91 Å². The molecule has 1 amide bonds. The van der Waals surface area contributed by atoms with Crippen LogP contribution < -0.4 is 9.47 Å². The first-order valence-corrected chi connectivity index (χ1v) is 10.1. The number of likely N-dealkylation sites (tertiary alicyclic amines) is 1. The second-order valence-electron chi connectivity index (χ2n) is 7.84. The summed E-state index contributed by atoms with van der Waals surface area (Å²) in [6.07, 6.45) is 4.99. The molecule has 4 rings (SSSR count). The van der Waals surface area contributed by atoms with Crippen molar-refractivity contribution in [3.63, 3.8) is 0 Å². The number of nitrogens with zero attached hydrogens (tertiary/aromatic N) is 4. The Bertz CT molecular complexity index is 902. The predicted molar refractivity (Wildman–Crippen MR) is 109 cm³/mol. The van der Waals surface area contributed by atoms with Gasteiger partial charge in [0.25, 0.3) is 5.91 Å². The molecule has 2 aromatic rings. The topological polar surface area (TPSA) is 67.8 Å². The minimum Gasteiger partial charge on any atom is -0.497 e. The Morgan fingerprint density at radius 2 is 2.07 bits per heavy atom. The molecule has 0 spiro atoms. The third-order valence-electron chi connectivity index (χ3n) is 5.87. The minimum atomic E-state index is -0.0480. The molecule has 29 heavy (non-hydrogen) atoms. The highest BCUT2D eigenvalue weighted by Crippen LogP contribution is 2.29. The van der Waals surface area contributed by atoms with Crippen molar-refractivity contribution in [2.75, 3.05) is 40.9 Å². The SMILES string of the molecule is COc1ccc(C(=O)N2CCc3nc(C4CCCN(C)C4)ncc3C2)c(OC)c1. The lowest BCUT2D eigenvalue weighted by Crippen LogP contribution is -2.37. The zero-order valence-electron chi connectivity index (χ0n) is 17.4. The van der Waals surface area contributed by atoms with Crippen molar-refractivity contribution in [3.8, 4) is 11.5 Å².